The fourth-order valence-electron chi connectivity index (χ4n) is 3.09. The van der Waals surface area contributed by atoms with E-state index >= 15 is 0 Å². The number of benzene rings is 2. The van der Waals surface area contributed by atoms with Crippen LogP contribution >= 0.6 is 0 Å². The molecule has 2 aromatic rings. The molecule has 0 bridgehead atoms. The first-order valence-electron chi connectivity index (χ1n) is 7.46. The zero-order valence-electron chi connectivity index (χ0n) is 12.3. The van der Waals surface area contributed by atoms with Gasteiger partial charge in [0.05, 0.1) is 0 Å². The number of aryl methyl sites for hydroxylation is 1. The van der Waals surface area contributed by atoms with E-state index < -0.39 is 0 Å². The van der Waals surface area contributed by atoms with Gasteiger partial charge in [-0.2, -0.15) is 0 Å². The summed E-state index contributed by atoms with van der Waals surface area (Å²) < 4.78 is 0. The normalized spacial score (nSPS) is 13.9. The van der Waals surface area contributed by atoms with Crippen molar-refractivity contribution in [1.29, 1.82) is 0 Å². The minimum absolute atomic E-state index is 0.980. The highest BCUT2D eigenvalue weighted by molar-refractivity contribution is 5.70. The van der Waals surface area contributed by atoms with Crippen LogP contribution in [0, 0.1) is 6.92 Å². The molecule has 0 atom stereocenters. The number of nitrogens with zero attached hydrogens (tertiary/aromatic N) is 1. The Bertz CT molecular complexity index is 604. The average Bonchev–Trinajstić information content (AvgIpc) is 2.50. The summed E-state index contributed by atoms with van der Waals surface area (Å²) in [4.78, 5) is 2.43. The Morgan fingerprint density at radius 1 is 1.05 bits per heavy atom. The zero-order valence-corrected chi connectivity index (χ0v) is 12.3. The predicted molar refractivity (Wildman–Crippen MR) is 85.7 cm³/mol. The number of hydrogen-bond donors (Lipinski definition) is 1. The second kappa shape index (κ2) is 5.68. The van der Waals surface area contributed by atoms with E-state index in [2.05, 4.69) is 66.5 Å². The summed E-state index contributed by atoms with van der Waals surface area (Å²) in [6, 6.07) is 15.3. The van der Waals surface area contributed by atoms with Gasteiger partial charge in [-0.15, -0.1) is 0 Å². The van der Waals surface area contributed by atoms with Gasteiger partial charge in [-0.3, -0.25) is 0 Å². The van der Waals surface area contributed by atoms with Crippen molar-refractivity contribution < 1.29 is 0 Å². The van der Waals surface area contributed by atoms with Gasteiger partial charge in [-0.05, 0) is 55.6 Å². The number of para-hydroxylation sites is 1. The van der Waals surface area contributed by atoms with E-state index in [1.807, 2.05) is 0 Å². The second-order valence-electron chi connectivity index (χ2n) is 5.37. The van der Waals surface area contributed by atoms with Crippen molar-refractivity contribution in [2.24, 2.45) is 0 Å². The maximum Gasteiger partial charge on any atom is 0.0459 e. The molecule has 0 saturated heterocycles. The van der Waals surface area contributed by atoms with Gasteiger partial charge in [0, 0.05) is 24.5 Å². The molecule has 0 unspecified atom stereocenters. The molecular formula is C18H22N2. The highest BCUT2D eigenvalue weighted by Crippen LogP contribution is 2.33. The molecule has 1 aliphatic rings. The minimum Gasteiger partial charge on any atom is -0.341 e. The Balaban J connectivity index is 2.09. The third kappa shape index (κ3) is 2.32. The van der Waals surface area contributed by atoms with Crippen LogP contribution in [0.5, 0.6) is 0 Å². The number of nitrogens with one attached hydrogen (secondary N) is 1. The lowest BCUT2D eigenvalue weighted by molar-refractivity contribution is 0.643. The van der Waals surface area contributed by atoms with Gasteiger partial charge in [0.2, 0.25) is 0 Å². The lowest BCUT2D eigenvalue weighted by atomic mass is 9.98. The van der Waals surface area contributed by atoms with E-state index in [-0.39, 0.29) is 0 Å². The van der Waals surface area contributed by atoms with Crippen LogP contribution in [0.2, 0.25) is 0 Å². The van der Waals surface area contributed by atoms with Gasteiger partial charge >= 0.3 is 0 Å². The molecule has 0 fully saturated rings. The van der Waals surface area contributed by atoms with E-state index in [4.69, 9.17) is 0 Å². The molecule has 0 aliphatic carbocycles. The Kier molecular flexibility index (Phi) is 3.75. The van der Waals surface area contributed by atoms with E-state index in [1.54, 1.807) is 0 Å². The monoisotopic (exact) mass is 266 g/mol. The second-order valence-corrected chi connectivity index (χ2v) is 5.37. The molecule has 0 spiro atoms. The van der Waals surface area contributed by atoms with Crippen LogP contribution in [0.1, 0.15) is 23.6 Å². The van der Waals surface area contributed by atoms with Crippen molar-refractivity contribution >= 4 is 11.4 Å². The molecule has 0 aromatic heterocycles. The third-order valence-electron chi connectivity index (χ3n) is 4.13. The fraction of sp³-hybridized carbons (Fsp3) is 0.333. The van der Waals surface area contributed by atoms with Crippen LogP contribution in [-0.4, -0.2) is 13.1 Å². The van der Waals surface area contributed by atoms with Crippen molar-refractivity contribution in [2.75, 3.05) is 18.0 Å². The summed E-state index contributed by atoms with van der Waals surface area (Å²) in [5, 5.41) is 3.50. The van der Waals surface area contributed by atoms with Gasteiger partial charge in [0.15, 0.2) is 0 Å². The highest BCUT2D eigenvalue weighted by Gasteiger charge is 2.17. The van der Waals surface area contributed by atoms with Gasteiger partial charge in [0.25, 0.3) is 0 Å². The first-order chi connectivity index (χ1) is 9.81. The largest absolute Gasteiger partial charge is 0.341 e. The summed E-state index contributed by atoms with van der Waals surface area (Å²) in [5.74, 6) is 0. The van der Waals surface area contributed by atoms with Crippen molar-refractivity contribution in [1.82, 2.24) is 5.32 Å². The molecule has 3 rings (SSSR count). The lowest BCUT2D eigenvalue weighted by Crippen LogP contribution is -2.27. The minimum atomic E-state index is 0.980. The molecule has 20 heavy (non-hydrogen) atoms. The number of anilines is 2. The van der Waals surface area contributed by atoms with Crippen LogP contribution in [0.25, 0.3) is 0 Å². The Hall–Kier alpha value is -1.80. The van der Waals surface area contributed by atoms with Gasteiger partial charge in [-0.25, -0.2) is 0 Å². The van der Waals surface area contributed by atoms with Crippen molar-refractivity contribution in [3.63, 3.8) is 0 Å². The molecule has 2 heteroatoms. The zero-order chi connectivity index (χ0) is 13.9. The van der Waals surface area contributed by atoms with Crippen LogP contribution in [0.4, 0.5) is 11.4 Å². The molecule has 2 nitrogen and oxygen atoms in total. The Morgan fingerprint density at radius 3 is 2.65 bits per heavy atom. The van der Waals surface area contributed by atoms with Gasteiger partial charge < -0.3 is 10.2 Å². The van der Waals surface area contributed by atoms with E-state index in [0.29, 0.717) is 0 Å². The molecule has 2 aromatic carbocycles. The van der Waals surface area contributed by atoms with E-state index in [0.717, 1.165) is 26.1 Å². The maximum atomic E-state index is 3.50. The van der Waals surface area contributed by atoms with E-state index in [9.17, 15) is 0 Å². The topological polar surface area (TPSA) is 15.3 Å². The van der Waals surface area contributed by atoms with Crippen LogP contribution in [-0.2, 0) is 13.0 Å². The molecule has 1 heterocycles. The summed E-state index contributed by atoms with van der Waals surface area (Å²) in [6.07, 6.45) is 1.13. The van der Waals surface area contributed by atoms with Crippen LogP contribution in [0.15, 0.2) is 42.5 Å². The summed E-state index contributed by atoms with van der Waals surface area (Å²) in [6.45, 7) is 7.47. The molecule has 1 N–H and O–H groups in total. The number of rotatable bonds is 3. The van der Waals surface area contributed by atoms with Crippen molar-refractivity contribution in [3.05, 3.63) is 59.2 Å². The molecular weight excluding hydrogens is 244 g/mol. The molecule has 1 aliphatic heterocycles. The standard InChI is InChI=1S/C18H22N2/c1-3-20(17-9-5-4-7-14(17)2)18-10-6-8-15-11-12-19-13-16(15)18/h4-10,19H,3,11-13H2,1-2H3. The van der Waals surface area contributed by atoms with Crippen molar-refractivity contribution in [3.8, 4) is 0 Å². The van der Waals surface area contributed by atoms with Crippen LogP contribution in [0.3, 0.4) is 0 Å². The first-order valence-corrected chi connectivity index (χ1v) is 7.46. The molecule has 104 valence electrons. The van der Waals surface area contributed by atoms with Crippen molar-refractivity contribution in [2.45, 2.75) is 26.8 Å². The average molecular weight is 266 g/mol. The van der Waals surface area contributed by atoms with Gasteiger partial charge in [-0.1, -0.05) is 30.3 Å². The highest BCUT2D eigenvalue weighted by atomic mass is 15.1. The first kappa shape index (κ1) is 13.2. The Morgan fingerprint density at radius 2 is 1.85 bits per heavy atom. The number of hydrogen-bond acceptors (Lipinski definition) is 2. The fourth-order valence-corrected chi connectivity index (χ4v) is 3.09. The Labute approximate surface area is 121 Å². The summed E-state index contributed by atoms with van der Waals surface area (Å²) >= 11 is 0. The maximum absolute atomic E-state index is 3.50. The summed E-state index contributed by atoms with van der Waals surface area (Å²) in [7, 11) is 0. The number of fused-ring (bicyclic) bond motifs is 1. The van der Waals surface area contributed by atoms with E-state index in [1.165, 1.54) is 28.1 Å². The predicted octanol–water partition coefficient (Wildman–Crippen LogP) is 3.80. The molecule has 0 amide bonds. The molecule has 0 radical (unpaired) electrons. The quantitative estimate of drug-likeness (QED) is 0.909. The third-order valence-corrected chi connectivity index (χ3v) is 4.13. The van der Waals surface area contributed by atoms with Crippen LogP contribution < -0.4 is 10.2 Å². The summed E-state index contributed by atoms with van der Waals surface area (Å²) in [5.41, 5.74) is 6.95. The lowest BCUT2D eigenvalue weighted by Gasteiger charge is -2.30. The van der Waals surface area contributed by atoms with Gasteiger partial charge in [0.1, 0.15) is 0 Å². The smallest absolute Gasteiger partial charge is 0.0459 e. The molecule has 0 saturated carbocycles. The SMILES string of the molecule is CCN(c1ccccc1C)c1cccc2c1CNCC2.